The highest BCUT2D eigenvalue weighted by Gasteiger charge is 2.66. The fourth-order valence-electron chi connectivity index (χ4n) is 4.23. The summed E-state index contributed by atoms with van der Waals surface area (Å²) in [5.41, 5.74) is -1.24. The molecule has 1 saturated heterocycles. The number of carboxylic acids is 1. The lowest BCUT2D eigenvalue weighted by atomic mass is 9.97. The molecule has 4 heterocycles. The number of hydrogen-bond acceptors (Lipinski definition) is 14. The molecule has 1 aromatic carbocycles. The molecule has 19 heteroatoms. The van der Waals surface area contributed by atoms with E-state index in [2.05, 4.69) is 26.0 Å². The first-order valence-corrected chi connectivity index (χ1v) is 15.9. The van der Waals surface area contributed by atoms with Crippen LogP contribution in [0.15, 0.2) is 62.2 Å². The van der Waals surface area contributed by atoms with Crippen LogP contribution in [-0.2, 0) is 31.5 Å². The second-order valence-electron chi connectivity index (χ2n) is 9.04. The summed E-state index contributed by atoms with van der Waals surface area (Å²) in [6, 6.07) is 8.83. The minimum Gasteiger partial charge on any atom is -0.477 e. The van der Waals surface area contributed by atoms with Gasteiger partial charge in [0.1, 0.15) is 21.7 Å². The Bertz CT molecular complexity index is 1680. The number of tetrazole rings is 1. The minimum absolute atomic E-state index is 0.0537. The third-order valence-corrected chi connectivity index (χ3v) is 10.6. The summed E-state index contributed by atoms with van der Waals surface area (Å²) in [5, 5.41) is 27.6. The fourth-order valence-corrected chi connectivity index (χ4v) is 7.82. The van der Waals surface area contributed by atoms with Gasteiger partial charge in [-0.05, 0) is 40.2 Å². The molecule has 1 fully saturated rings. The number of thioether (sulfide) groups is 2. The Balaban J connectivity index is 1.29. The number of rotatable bonds is 11. The molecule has 3 atom stereocenters. The average molecular weight is 654 g/mol. The first-order valence-electron chi connectivity index (χ1n) is 12.1. The van der Waals surface area contributed by atoms with Gasteiger partial charge in [-0.25, -0.2) is 9.48 Å². The third kappa shape index (κ3) is 5.37. The van der Waals surface area contributed by atoms with Crippen molar-refractivity contribution in [1.29, 1.82) is 0 Å². The number of nitrogens with one attached hydrogen (secondary N) is 1. The number of methoxy groups -OCH3 is 1. The summed E-state index contributed by atoms with van der Waals surface area (Å²) in [5.74, 6) is -2.13. The van der Waals surface area contributed by atoms with Crippen LogP contribution in [0.25, 0.3) is 0 Å². The van der Waals surface area contributed by atoms with E-state index in [-0.39, 0.29) is 33.0 Å². The quantitative estimate of drug-likeness (QED) is 0.0990. The zero-order valence-electron chi connectivity index (χ0n) is 22.2. The summed E-state index contributed by atoms with van der Waals surface area (Å²) in [4.78, 5) is 27.0. The first-order chi connectivity index (χ1) is 20.0. The number of aromatic nitrogens is 5. The summed E-state index contributed by atoms with van der Waals surface area (Å²) >= 11 is 8.12. The molecule has 1 amide bonds. The van der Waals surface area contributed by atoms with Crippen LogP contribution in [0.1, 0.15) is 18.6 Å². The number of aryl methyl sites for hydroxylation is 1. The summed E-state index contributed by atoms with van der Waals surface area (Å²) < 4.78 is 42.5. The highest BCUT2D eigenvalue weighted by molar-refractivity contribution is 8.01. The van der Waals surface area contributed by atoms with Crippen molar-refractivity contribution < 1.29 is 36.6 Å². The van der Waals surface area contributed by atoms with E-state index < -0.39 is 39.0 Å². The Morgan fingerprint density at radius 1 is 1.38 bits per heavy atom. The monoisotopic (exact) mass is 653 g/mol. The molecule has 2 N–H and O–H groups in total. The molecule has 2 aliphatic rings. The van der Waals surface area contributed by atoms with E-state index in [9.17, 15) is 23.1 Å². The van der Waals surface area contributed by atoms with Crippen LogP contribution < -0.4 is 9.50 Å². The molecule has 1 unspecified atom stereocenters. The fraction of sp³-hybridized carbons (Fsp3) is 0.348. The molecule has 0 aliphatic carbocycles. The zero-order chi connectivity index (χ0) is 30.2. The second-order valence-corrected chi connectivity index (χ2v) is 13.0. The maximum Gasteiger partial charge on any atom is 0.352 e. The molecule has 0 radical (unpaired) electrons. The topological polar surface area (TPSA) is 192 Å². The molecule has 15 nitrogen and oxygen atoms in total. The van der Waals surface area contributed by atoms with Crippen LogP contribution in [0, 0.1) is 0 Å². The predicted octanol–water partition coefficient (Wildman–Crippen LogP) is 1.38. The van der Waals surface area contributed by atoms with Gasteiger partial charge in [-0.1, -0.05) is 42.2 Å². The summed E-state index contributed by atoms with van der Waals surface area (Å²) in [6.07, 6.45) is 0. The Hall–Kier alpha value is -3.52. The van der Waals surface area contributed by atoms with Crippen molar-refractivity contribution in [2.24, 2.45) is 7.05 Å². The number of ether oxygens (including phenoxy) is 1. The van der Waals surface area contributed by atoms with Crippen molar-refractivity contribution in [1.82, 2.24) is 35.6 Å². The number of β-lactam (4-membered cyclic amide) rings is 1. The molecule has 3 aromatic rings. The van der Waals surface area contributed by atoms with Crippen molar-refractivity contribution in [3.05, 3.63) is 53.4 Å². The predicted molar refractivity (Wildman–Crippen MR) is 152 cm³/mol. The van der Waals surface area contributed by atoms with E-state index in [4.69, 9.17) is 25.7 Å². The number of hydrogen-bond donors (Lipinski definition) is 2. The molecular weight excluding hydrogens is 631 g/mol. The number of amides is 1. The number of aliphatic carboxylic acids is 1. The maximum absolute atomic E-state index is 13.5. The van der Waals surface area contributed by atoms with Gasteiger partial charge >= 0.3 is 16.1 Å². The Morgan fingerprint density at radius 3 is 2.76 bits per heavy atom. The molecule has 5 rings (SSSR count). The van der Waals surface area contributed by atoms with Gasteiger partial charge in [-0.2, -0.15) is 8.42 Å². The van der Waals surface area contributed by atoms with E-state index in [0.29, 0.717) is 16.5 Å². The largest absolute Gasteiger partial charge is 0.477 e. The van der Waals surface area contributed by atoms with E-state index in [1.165, 1.54) is 58.4 Å². The molecule has 0 saturated carbocycles. The van der Waals surface area contributed by atoms with Crippen LogP contribution in [0.4, 0.5) is 0 Å². The highest BCUT2D eigenvalue weighted by atomic mass is 32.2. The molecule has 2 aromatic heterocycles. The number of carboxylic acid groups (broad SMARTS) is 1. The lowest BCUT2D eigenvalue weighted by Crippen LogP contribution is -2.80. The molecule has 0 bridgehead atoms. The van der Waals surface area contributed by atoms with Crippen LogP contribution in [-0.4, -0.2) is 90.4 Å². The van der Waals surface area contributed by atoms with Crippen molar-refractivity contribution in [2.75, 3.05) is 18.6 Å². The lowest BCUT2D eigenvalue weighted by molar-refractivity contribution is -0.187. The minimum atomic E-state index is -4.14. The number of thiocarbonyl (C=S) groups is 1. The second kappa shape index (κ2) is 11.6. The van der Waals surface area contributed by atoms with Gasteiger partial charge in [0, 0.05) is 31.7 Å². The summed E-state index contributed by atoms with van der Waals surface area (Å²) in [7, 11) is -1.15. The van der Waals surface area contributed by atoms with Gasteiger partial charge in [0.2, 0.25) is 5.16 Å². The smallest absolute Gasteiger partial charge is 0.352 e. The number of nitrogens with zero attached hydrogens (tertiary/aromatic N) is 6. The van der Waals surface area contributed by atoms with E-state index in [1.807, 2.05) is 0 Å². The standard InChI is InChI=1S/C23H23N7O8S4/c1-12(15-9-16(26-37-15)38-42(34,35)14-7-5-4-6-8-14)18(39)24-23(36-3)20(33)30-17(19(31)32)13(10-40-21(23)30)11-41-22-25-27-28-29(22)2/h4-9,12,21H,10-11H2,1-3H3,(H,24,39)(H,31,32)/t12?,21-,23-/m0/s1. The van der Waals surface area contributed by atoms with Crippen LogP contribution in [0.5, 0.6) is 5.88 Å². The van der Waals surface area contributed by atoms with Crippen LogP contribution in [0.3, 0.4) is 0 Å². The third-order valence-electron chi connectivity index (χ3n) is 6.45. The molecule has 222 valence electrons. The molecule has 42 heavy (non-hydrogen) atoms. The Morgan fingerprint density at radius 2 is 2.12 bits per heavy atom. The molecular formula is C23H23N7O8S4. The van der Waals surface area contributed by atoms with Crippen molar-refractivity contribution in [2.45, 2.75) is 34.0 Å². The van der Waals surface area contributed by atoms with Gasteiger partial charge in [-0.15, -0.1) is 16.9 Å². The van der Waals surface area contributed by atoms with Crippen molar-refractivity contribution >= 4 is 62.7 Å². The SMILES string of the molecule is CO[C@@]1(NC(=S)C(C)c2cc(OS(=O)(=O)c3ccccc3)no2)C(=O)N2C(C(=O)O)=C(CSc3nnnn3C)CS[C@H]21. The van der Waals surface area contributed by atoms with E-state index in [0.717, 1.165) is 0 Å². The first kappa shape index (κ1) is 30.0. The molecule has 2 aliphatic heterocycles. The average Bonchev–Trinajstić information content (AvgIpc) is 3.61. The van der Waals surface area contributed by atoms with Crippen LogP contribution in [0.2, 0.25) is 0 Å². The Kier molecular flexibility index (Phi) is 8.30. The Labute approximate surface area is 253 Å². The molecule has 0 spiro atoms. The summed E-state index contributed by atoms with van der Waals surface area (Å²) in [6.45, 7) is 1.66. The number of benzene rings is 1. The van der Waals surface area contributed by atoms with Gasteiger partial charge in [0.25, 0.3) is 17.5 Å². The number of fused-ring (bicyclic) bond motifs is 1. The van der Waals surface area contributed by atoms with Gasteiger partial charge in [-0.3, -0.25) is 9.69 Å². The van der Waals surface area contributed by atoms with Gasteiger partial charge in [0.15, 0.2) is 0 Å². The maximum atomic E-state index is 13.5. The normalized spacial score (nSPS) is 21.0. The zero-order valence-corrected chi connectivity index (χ0v) is 25.4. The van der Waals surface area contributed by atoms with E-state index in [1.54, 1.807) is 32.2 Å². The van der Waals surface area contributed by atoms with Crippen LogP contribution >= 0.6 is 35.7 Å². The number of carbonyl (C=O) groups excluding carboxylic acids is 1. The van der Waals surface area contributed by atoms with Gasteiger partial charge < -0.3 is 23.9 Å². The van der Waals surface area contributed by atoms with E-state index >= 15 is 0 Å². The lowest BCUT2D eigenvalue weighted by Gasteiger charge is -2.56. The highest BCUT2D eigenvalue weighted by Crippen LogP contribution is 2.47. The van der Waals surface area contributed by atoms with Crippen molar-refractivity contribution in [3.63, 3.8) is 0 Å². The number of carbonyl (C=O) groups is 2. The van der Waals surface area contributed by atoms with Crippen molar-refractivity contribution in [3.8, 4) is 5.88 Å². The van der Waals surface area contributed by atoms with Gasteiger partial charge in [0.05, 0.1) is 10.9 Å².